The fraction of sp³-hybridized carbons (Fsp3) is 0.750. The second-order valence-electron chi connectivity index (χ2n) is 10.6. The first-order chi connectivity index (χ1) is 17.5. The van der Waals surface area contributed by atoms with Crippen molar-refractivity contribution in [3.63, 3.8) is 0 Å². The van der Waals surface area contributed by atoms with E-state index >= 15 is 0 Å². The number of carboxylic acids is 2. The van der Waals surface area contributed by atoms with E-state index in [-0.39, 0.29) is 11.1 Å². The van der Waals surface area contributed by atoms with Crippen molar-refractivity contribution >= 4 is 11.9 Å². The number of rotatable bonds is 24. The molecule has 0 aliphatic rings. The van der Waals surface area contributed by atoms with Crippen LogP contribution < -0.4 is 0 Å². The molecule has 1 rings (SSSR count). The SMILES string of the molecule is CCCCCCCCCCCCc1ccc(C(=O)O)c(C(=O)O)c1CCCCCCCCCCCC. The second-order valence-corrected chi connectivity index (χ2v) is 10.6. The zero-order chi connectivity index (χ0) is 26.4. The van der Waals surface area contributed by atoms with E-state index < -0.39 is 11.9 Å². The molecule has 0 aliphatic heterocycles. The number of aryl methyl sites for hydroxylation is 1. The third-order valence-corrected chi connectivity index (χ3v) is 7.43. The molecule has 1 aromatic carbocycles. The topological polar surface area (TPSA) is 74.6 Å². The van der Waals surface area contributed by atoms with E-state index in [9.17, 15) is 19.8 Å². The van der Waals surface area contributed by atoms with Crippen LogP contribution in [0.2, 0.25) is 0 Å². The van der Waals surface area contributed by atoms with Gasteiger partial charge in [-0.15, -0.1) is 0 Å². The highest BCUT2D eigenvalue weighted by atomic mass is 16.4. The zero-order valence-electron chi connectivity index (χ0n) is 23.4. The van der Waals surface area contributed by atoms with E-state index in [4.69, 9.17) is 0 Å². The van der Waals surface area contributed by atoms with Crippen LogP contribution in [0, 0.1) is 0 Å². The summed E-state index contributed by atoms with van der Waals surface area (Å²) in [4.78, 5) is 23.8. The molecule has 0 saturated carbocycles. The molecule has 0 unspecified atom stereocenters. The second kappa shape index (κ2) is 21.3. The maximum Gasteiger partial charge on any atom is 0.336 e. The Kier molecular flexibility index (Phi) is 19.0. The Morgan fingerprint density at radius 1 is 0.528 bits per heavy atom. The summed E-state index contributed by atoms with van der Waals surface area (Å²) >= 11 is 0. The molecule has 0 aliphatic carbocycles. The fourth-order valence-electron chi connectivity index (χ4n) is 5.23. The molecule has 0 fully saturated rings. The van der Waals surface area contributed by atoms with Crippen LogP contribution in [0.25, 0.3) is 0 Å². The Morgan fingerprint density at radius 3 is 1.31 bits per heavy atom. The predicted octanol–water partition coefficient (Wildman–Crippen LogP) is 10.0. The molecule has 206 valence electrons. The van der Waals surface area contributed by atoms with Crippen LogP contribution in [0.15, 0.2) is 12.1 Å². The molecule has 4 nitrogen and oxygen atoms in total. The van der Waals surface area contributed by atoms with Crippen molar-refractivity contribution in [3.8, 4) is 0 Å². The fourth-order valence-corrected chi connectivity index (χ4v) is 5.23. The van der Waals surface area contributed by atoms with E-state index in [0.717, 1.165) is 43.2 Å². The first-order valence-corrected chi connectivity index (χ1v) is 15.1. The third kappa shape index (κ3) is 14.0. The van der Waals surface area contributed by atoms with Gasteiger partial charge >= 0.3 is 11.9 Å². The van der Waals surface area contributed by atoms with Crippen molar-refractivity contribution in [2.75, 3.05) is 0 Å². The number of unbranched alkanes of at least 4 members (excludes halogenated alkanes) is 18. The molecule has 0 bridgehead atoms. The van der Waals surface area contributed by atoms with E-state index in [2.05, 4.69) is 13.8 Å². The first kappa shape index (κ1) is 32.2. The molecule has 0 radical (unpaired) electrons. The molecule has 1 aromatic rings. The van der Waals surface area contributed by atoms with Crippen molar-refractivity contribution in [2.24, 2.45) is 0 Å². The minimum absolute atomic E-state index is 0.0167. The third-order valence-electron chi connectivity index (χ3n) is 7.43. The van der Waals surface area contributed by atoms with Crippen LogP contribution in [0.5, 0.6) is 0 Å². The smallest absolute Gasteiger partial charge is 0.336 e. The minimum atomic E-state index is -1.15. The monoisotopic (exact) mass is 502 g/mol. The molecule has 0 spiro atoms. The lowest BCUT2D eigenvalue weighted by Gasteiger charge is -2.15. The lowest BCUT2D eigenvalue weighted by molar-refractivity contribution is 0.0650. The summed E-state index contributed by atoms with van der Waals surface area (Å²) in [6, 6.07) is 3.37. The van der Waals surface area contributed by atoms with Crippen molar-refractivity contribution in [3.05, 3.63) is 34.4 Å². The number of hydrogen-bond donors (Lipinski definition) is 2. The predicted molar refractivity (Wildman–Crippen MR) is 151 cm³/mol. The standard InChI is InChI=1S/C32H54O4/c1-3-5-7-9-11-13-15-17-19-21-23-27-25-26-29(31(33)34)30(32(35)36)28(27)24-22-20-18-16-14-12-10-8-6-4-2/h25-26H,3-24H2,1-2H3,(H,33,34)(H,35,36). The van der Waals surface area contributed by atoms with Gasteiger partial charge in [-0.05, 0) is 42.9 Å². The highest BCUT2D eigenvalue weighted by Crippen LogP contribution is 2.25. The summed E-state index contributed by atoms with van der Waals surface area (Å²) in [6.07, 6.45) is 26.4. The van der Waals surface area contributed by atoms with Gasteiger partial charge in [0.2, 0.25) is 0 Å². The van der Waals surface area contributed by atoms with Crippen molar-refractivity contribution < 1.29 is 19.8 Å². The van der Waals surface area contributed by atoms with Crippen LogP contribution in [0.4, 0.5) is 0 Å². The normalized spacial score (nSPS) is 11.2. The average Bonchev–Trinajstić information content (AvgIpc) is 2.86. The maximum atomic E-state index is 12.1. The van der Waals surface area contributed by atoms with Gasteiger partial charge in [0.25, 0.3) is 0 Å². The van der Waals surface area contributed by atoms with Crippen LogP contribution in [0.3, 0.4) is 0 Å². The first-order valence-electron chi connectivity index (χ1n) is 15.1. The number of carbonyl (C=O) groups is 2. The lowest BCUT2D eigenvalue weighted by atomic mass is 9.89. The van der Waals surface area contributed by atoms with Gasteiger partial charge < -0.3 is 10.2 Å². The lowest BCUT2D eigenvalue weighted by Crippen LogP contribution is -2.14. The minimum Gasteiger partial charge on any atom is -0.478 e. The quantitative estimate of drug-likeness (QED) is 0.138. The van der Waals surface area contributed by atoms with Gasteiger partial charge in [0.15, 0.2) is 0 Å². The van der Waals surface area contributed by atoms with Gasteiger partial charge in [-0.3, -0.25) is 0 Å². The number of benzene rings is 1. The average molecular weight is 503 g/mol. The van der Waals surface area contributed by atoms with E-state index in [0.29, 0.717) is 6.42 Å². The summed E-state index contributed by atoms with van der Waals surface area (Å²) in [7, 11) is 0. The summed E-state index contributed by atoms with van der Waals surface area (Å²) in [5.41, 5.74) is 1.74. The van der Waals surface area contributed by atoms with Crippen molar-refractivity contribution in [1.29, 1.82) is 0 Å². The molecule has 36 heavy (non-hydrogen) atoms. The number of aromatic carboxylic acids is 2. The van der Waals surface area contributed by atoms with E-state index in [1.54, 1.807) is 0 Å². The largest absolute Gasteiger partial charge is 0.478 e. The van der Waals surface area contributed by atoms with Crippen molar-refractivity contribution in [2.45, 2.75) is 155 Å². The van der Waals surface area contributed by atoms with Crippen LogP contribution in [-0.4, -0.2) is 22.2 Å². The van der Waals surface area contributed by atoms with Gasteiger partial charge in [0.1, 0.15) is 0 Å². The van der Waals surface area contributed by atoms with Gasteiger partial charge in [-0.25, -0.2) is 9.59 Å². The highest BCUT2D eigenvalue weighted by molar-refractivity contribution is 6.03. The van der Waals surface area contributed by atoms with Gasteiger partial charge in [-0.2, -0.15) is 0 Å². The number of hydrogen-bond acceptors (Lipinski definition) is 2. The molecule has 0 saturated heterocycles. The molecule has 0 heterocycles. The molecular weight excluding hydrogens is 448 g/mol. The maximum absolute atomic E-state index is 12.1. The summed E-state index contributed by atoms with van der Waals surface area (Å²) in [6.45, 7) is 4.49. The Balaban J connectivity index is 2.53. The molecule has 0 atom stereocenters. The zero-order valence-corrected chi connectivity index (χ0v) is 23.4. The van der Waals surface area contributed by atoms with Crippen molar-refractivity contribution in [1.82, 2.24) is 0 Å². The van der Waals surface area contributed by atoms with E-state index in [1.165, 1.54) is 109 Å². The van der Waals surface area contributed by atoms with E-state index in [1.807, 2.05) is 6.07 Å². The molecular formula is C32H54O4. The van der Waals surface area contributed by atoms with Gasteiger partial charge in [0.05, 0.1) is 11.1 Å². The molecule has 2 N–H and O–H groups in total. The van der Waals surface area contributed by atoms with Gasteiger partial charge in [0, 0.05) is 0 Å². The highest BCUT2D eigenvalue weighted by Gasteiger charge is 2.22. The Morgan fingerprint density at radius 2 is 0.917 bits per heavy atom. The molecule has 4 heteroatoms. The Labute approximate surface area is 221 Å². The molecule has 0 amide bonds. The van der Waals surface area contributed by atoms with Crippen LogP contribution >= 0.6 is 0 Å². The Bertz CT molecular complexity index is 725. The summed E-state index contributed by atoms with van der Waals surface area (Å²) < 4.78 is 0. The van der Waals surface area contributed by atoms with Crippen LogP contribution in [0.1, 0.15) is 174 Å². The summed E-state index contributed by atoms with van der Waals surface area (Å²) in [5, 5.41) is 19.4. The van der Waals surface area contributed by atoms with Gasteiger partial charge in [-0.1, -0.05) is 135 Å². The van der Waals surface area contributed by atoms with Crippen LogP contribution in [-0.2, 0) is 12.8 Å². The Hall–Kier alpha value is -1.84. The molecule has 0 aromatic heterocycles. The number of carboxylic acid groups (broad SMARTS) is 2. The summed E-state index contributed by atoms with van der Waals surface area (Å²) in [5.74, 6) is -2.26.